The standard InChI is InChI=1S/C8H16O6S/c1-4-12-15(9,10)13-6-7-5-11-8(2,3)14-7/h7H,4-6H2,1-3H3. The molecule has 0 amide bonds. The Labute approximate surface area is 89.8 Å². The Morgan fingerprint density at radius 3 is 2.53 bits per heavy atom. The van der Waals surface area contributed by atoms with Gasteiger partial charge in [0.25, 0.3) is 0 Å². The third kappa shape index (κ3) is 4.43. The molecule has 1 atom stereocenters. The zero-order chi connectivity index (χ0) is 11.5. The van der Waals surface area contributed by atoms with Gasteiger partial charge in [0.05, 0.1) is 19.8 Å². The predicted molar refractivity (Wildman–Crippen MR) is 51.4 cm³/mol. The molecule has 7 heteroatoms. The van der Waals surface area contributed by atoms with E-state index in [0.717, 1.165) is 0 Å². The molecular formula is C8H16O6S. The molecule has 0 radical (unpaired) electrons. The second-order valence-electron chi connectivity index (χ2n) is 3.55. The normalized spacial score (nSPS) is 25.7. The van der Waals surface area contributed by atoms with Crippen molar-refractivity contribution in [2.75, 3.05) is 19.8 Å². The second-order valence-corrected chi connectivity index (χ2v) is 4.84. The smallest absolute Gasteiger partial charge is 0.348 e. The molecule has 0 aromatic carbocycles. The van der Waals surface area contributed by atoms with Crippen LogP contribution in [-0.2, 0) is 28.2 Å². The van der Waals surface area contributed by atoms with E-state index in [9.17, 15) is 8.42 Å². The maximum Gasteiger partial charge on any atom is 0.399 e. The van der Waals surface area contributed by atoms with Gasteiger partial charge in [-0.05, 0) is 20.8 Å². The third-order valence-corrected chi connectivity index (χ3v) is 2.68. The lowest BCUT2D eigenvalue weighted by Gasteiger charge is -2.16. The lowest BCUT2D eigenvalue weighted by Crippen LogP contribution is -2.25. The Morgan fingerprint density at radius 2 is 2.07 bits per heavy atom. The summed E-state index contributed by atoms with van der Waals surface area (Å²) in [6, 6.07) is 0. The minimum absolute atomic E-state index is 0.0514. The molecule has 15 heavy (non-hydrogen) atoms. The summed E-state index contributed by atoms with van der Waals surface area (Å²) in [5.74, 6) is -0.677. The van der Waals surface area contributed by atoms with E-state index in [1.807, 2.05) is 0 Å². The molecule has 6 nitrogen and oxygen atoms in total. The largest absolute Gasteiger partial charge is 0.399 e. The summed E-state index contributed by atoms with van der Waals surface area (Å²) in [4.78, 5) is 0. The van der Waals surface area contributed by atoms with Gasteiger partial charge in [0, 0.05) is 0 Å². The fourth-order valence-corrected chi connectivity index (χ4v) is 1.86. The molecule has 1 aliphatic heterocycles. The van der Waals surface area contributed by atoms with Crippen LogP contribution in [0.4, 0.5) is 0 Å². The van der Waals surface area contributed by atoms with Gasteiger partial charge in [0.15, 0.2) is 5.79 Å². The molecule has 1 fully saturated rings. The van der Waals surface area contributed by atoms with E-state index in [-0.39, 0.29) is 19.3 Å². The van der Waals surface area contributed by atoms with Crippen molar-refractivity contribution in [3.05, 3.63) is 0 Å². The van der Waals surface area contributed by atoms with E-state index >= 15 is 0 Å². The van der Waals surface area contributed by atoms with Gasteiger partial charge in [-0.25, -0.2) is 8.37 Å². The van der Waals surface area contributed by atoms with Crippen LogP contribution in [0.1, 0.15) is 20.8 Å². The fraction of sp³-hybridized carbons (Fsp3) is 1.00. The van der Waals surface area contributed by atoms with Gasteiger partial charge < -0.3 is 9.47 Å². The van der Waals surface area contributed by atoms with Crippen LogP contribution in [0.15, 0.2) is 0 Å². The van der Waals surface area contributed by atoms with Crippen molar-refractivity contribution in [2.24, 2.45) is 0 Å². The van der Waals surface area contributed by atoms with E-state index in [4.69, 9.17) is 9.47 Å². The minimum atomic E-state index is -3.89. The molecular weight excluding hydrogens is 224 g/mol. The Hall–Kier alpha value is -0.210. The van der Waals surface area contributed by atoms with Gasteiger partial charge in [-0.3, -0.25) is 0 Å². The molecule has 0 N–H and O–H groups in total. The van der Waals surface area contributed by atoms with Crippen LogP contribution in [0.3, 0.4) is 0 Å². The number of hydrogen-bond donors (Lipinski definition) is 0. The topological polar surface area (TPSA) is 71.1 Å². The van der Waals surface area contributed by atoms with E-state index < -0.39 is 16.2 Å². The average Bonchev–Trinajstić information content (AvgIpc) is 2.42. The molecule has 0 saturated carbocycles. The highest BCUT2D eigenvalue weighted by atomic mass is 32.3. The summed E-state index contributed by atoms with van der Waals surface area (Å²) in [5.41, 5.74) is 0. The first kappa shape index (κ1) is 12.9. The quantitative estimate of drug-likeness (QED) is 0.694. The first-order valence-corrected chi connectivity index (χ1v) is 6.03. The molecule has 0 aromatic heterocycles. The van der Waals surface area contributed by atoms with Crippen LogP contribution in [0.5, 0.6) is 0 Å². The Bertz CT molecular complexity index is 296. The van der Waals surface area contributed by atoms with E-state index in [1.54, 1.807) is 20.8 Å². The molecule has 1 aliphatic rings. The van der Waals surface area contributed by atoms with Crippen molar-refractivity contribution < 1.29 is 26.3 Å². The summed E-state index contributed by atoms with van der Waals surface area (Å²) in [6.45, 7) is 5.35. The number of rotatable bonds is 5. The highest BCUT2D eigenvalue weighted by Gasteiger charge is 2.33. The minimum Gasteiger partial charge on any atom is -0.348 e. The van der Waals surface area contributed by atoms with Crippen LogP contribution >= 0.6 is 0 Å². The van der Waals surface area contributed by atoms with Gasteiger partial charge >= 0.3 is 10.4 Å². The van der Waals surface area contributed by atoms with Crippen LogP contribution in [-0.4, -0.2) is 40.1 Å². The van der Waals surface area contributed by atoms with Crippen LogP contribution < -0.4 is 0 Å². The molecule has 90 valence electrons. The summed E-state index contributed by atoms with van der Waals surface area (Å²) < 4.78 is 41.6. The molecule has 1 rings (SSSR count). The first-order chi connectivity index (χ1) is 6.85. The zero-order valence-corrected chi connectivity index (χ0v) is 9.87. The molecule has 0 aliphatic carbocycles. The first-order valence-electron chi connectivity index (χ1n) is 4.70. The molecule has 0 aromatic rings. The van der Waals surface area contributed by atoms with E-state index in [0.29, 0.717) is 6.61 Å². The van der Waals surface area contributed by atoms with Crippen molar-refractivity contribution in [3.8, 4) is 0 Å². The lowest BCUT2D eigenvalue weighted by molar-refractivity contribution is -0.141. The number of hydrogen-bond acceptors (Lipinski definition) is 6. The van der Waals surface area contributed by atoms with Crippen molar-refractivity contribution in [3.63, 3.8) is 0 Å². The summed E-state index contributed by atoms with van der Waals surface area (Å²) in [6.07, 6.45) is -0.379. The van der Waals surface area contributed by atoms with Crippen LogP contribution in [0.25, 0.3) is 0 Å². The van der Waals surface area contributed by atoms with Crippen molar-refractivity contribution in [2.45, 2.75) is 32.7 Å². The Balaban J connectivity index is 2.33. The van der Waals surface area contributed by atoms with Gasteiger partial charge in [-0.1, -0.05) is 0 Å². The van der Waals surface area contributed by atoms with Crippen molar-refractivity contribution in [1.82, 2.24) is 0 Å². The highest BCUT2D eigenvalue weighted by molar-refractivity contribution is 7.81. The second kappa shape index (κ2) is 4.75. The van der Waals surface area contributed by atoms with Crippen LogP contribution in [0.2, 0.25) is 0 Å². The lowest BCUT2D eigenvalue weighted by atomic mass is 10.4. The molecule has 0 bridgehead atoms. The molecule has 1 unspecified atom stereocenters. The van der Waals surface area contributed by atoms with Crippen molar-refractivity contribution in [1.29, 1.82) is 0 Å². The maximum atomic E-state index is 11.0. The monoisotopic (exact) mass is 240 g/mol. The average molecular weight is 240 g/mol. The highest BCUT2D eigenvalue weighted by Crippen LogP contribution is 2.22. The third-order valence-electron chi connectivity index (χ3n) is 1.73. The zero-order valence-electron chi connectivity index (χ0n) is 9.06. The predicted octanol–water partition coefficient (Wildman–Crippen LogP) is 0.436. The van der Waals surface area contributed by atoms with Crippen LogP contribution in [0, 0.1) is 0 Å². The SMILES string of the molecule is CCOS(=O)(=O)OCC1COC(C)(C)O1. The van der Waals surface area contributed by atoms with Crippen molar-refractivity contribution >= 4 is 10.4 Å². The number of ether oxygens (including phenoxy) is 2. The van der Waals surface area contributed by atoms with Gasteiger partial charge in [0.2, 0.25) is 0 Å². The summed E-state index contributed by atoms with van der Waals surface area (Å²) in [5, 5.41) is 0. The molecule has 1 heterocycles. The summed E-state index contributed by atoms with van der Waals surface area (Å²) in [7, 11) is -3.89. The van der Waals surface area contributed by atoms with E-state index in [2.05, 4.69) is 8.37 Å². The van der Waals surface area contributed by atoms with E-state index in [1.165, 1.54) is 0 Å². The van der Waals surface area contributed by atoms with Gasteiger partial charge in [-0.2, -0.15) is 8.42 Å². The summed E-state index contributed by atoms with van der Waals surface area (Å²) >= 11 is 0. The molecule has 1 saturated heterocycles. The molecule has 0 spiro atoms. The maximum absolute atomic E-state index is 11.0. The fourth-order valence-electron chi connectivity index (χ4n) is 1.18. The van der Waals surface area contributed by atoms with Gasteiger partial charge in [-0.15, -0.1) is 0 Å². The Kier molecular flexibility index (Phi) is 4.07. The van der Waals surface area contributed by atoms with Gasteiger partial charge in [0.1, 0.15) is 6.10 Å². The Morgan fingerprint density at radius 1 is 1.40 bits per heavy atom.